The molecule has 0 saturated carbocycles. The number of piperazine rings is 1. The second-order valence-corrected chi connectivity index (χ2v) is 3.41. The average molecular weight is 195 g/mol. The summed E-state index contributed by atoms with van der Waals surface area (Å²) in [6.45, 7) is 4.33. The Morgan fingerprint density at radius 2 is 2.50 bits per heavy atom. The van der Waals surface area contributed by atoms with Crippen molar-refractivity contribution in [2.45, 2.75) is 19.0 Å². The minimum atomic E-state index is -0.139. The first kappa shape index (κ1) is 11.0. The van der Waals surface area contributed by atoms with Gasteiger partial charge in [0.25, 0.3) is 0 Å². The minimum absolute atomic E-state index is 0.0133. The van der Waals surface area contributed by atoms with Gasteiger partial charge in [-0.05, 0) is 6.92 Å². The maximum Gasteiger partial charge on any atom is 0.238 e. The highest BCUT2D eigenvalue weighted by molar-refractivity contribution is 5.81. The number of likely N-dealkylation sites (N-methyl/N-ethyl adjacent to an activating group) is 1. The van der Waals surface area contributed by atoms with Gasteiger partial charge in [-0.3, -0.25) is 9.69 Å². The van der Waals surface area contributed by atoms with Crippen molar-refractivity contribution in [3.8, 4) is 12.3 Å². The van der Waals surface area contributed by atoms with E-state index < -0.39 is 0 Å². The molecule has 4 heteroatoms. The lowest BCUT2D eigenvalue weighted by molar-refractivity contribution is -0.127. The largest absolute Gasteiger partial charge is 0.358 e. The molecule has 0 bridgehead atoms. The zero-order valence-electron chi connectivity index (χ0n) is 8.71. The van der Waals surface area contributed by atoms with E-state index in [0.717, 1.165) is 13.1 Å². The Kier molecular flexibility index (Phi) is 3.93. The Labute approximate surface area is 85.0 Å². The zero-order chi connectivity index (χ0) is 10.6. The van der Waals surface area contributed by atoms with Crippen LogP contribution in [0.4, 0.5) is 0 Å². The third kappa shape index (κ3) is 2.25. The summed E-state index contributed by atoms with van der Waals surface area (Å²) in [5.41, 5.74) is 0. The molecule has 1 saturated heterocycles. The van der Waals surface area contributed by atoms with Gasteiger partial charge in [0.05, 0.1) is 6.04 Å². The molecular formula is C10H17N3O. The van der Waals surface area contributed by atoms with E-state index in [1.165, 1.54) is 0 Å². The minimum Gasteiger partial charge on any atom is -0.358 e. The van der Waals surface area contributed by atoms with Gasteiger partial charge in [-0.15, -0.1) is 6.42 Å². The van der Waals surface area contributed by atoms with E-state index in [2.05, 4.69) is 21.5 Å². The quantitative estimate of drug-likeness (QED) is 0.557. The molecule has 0 aliphatic carbocycles. The number of nitrogens with one attached hydrogen (secondary N) is 2. The average Bonchev–Trinajstić information content (AvgIpc) is 2.27. The number of hydrogen-bond acceptors (Lipinski definition) is 3. The third-order valence-corrected chi connectivity index (χ3v) is 2.57. The van der Waals surface area contributed by atoms with Crippen LogP contribution in [-0.4, -0.2) is 49.6 Å². The van der Waals surface area contributed by atoms with Gasteiger partial charge in [-0.2, -0.15) is 0 Å². The Morgan fingerprint density at radius 3 is 3.07 bits per heavy atom. The van der Waals surface area contributed by atoms with Crippen LogP contribution in [0.3, 0.4) is 0 Å². The molecule has 2 N–H and O–H groups in total. The monoisotopic (exact) mass is 195 g/mol. The van der Waals surface area contributed by atoms with E-state index in [0.29, 0.717) is 6.54 Å². The Balaban J connectivity index is 2.69. The Bertz CT molecular complexity index is 246. The zero-order valence-corrected chi connectivity index (χ0v) is 8.71. The van der Waals surface area contributed by atoms with Gasteiger partial charge < -0.3 is 10.6 Å². The topological polar surface area (TPSA) is 44.4 Å². The third-order valence-electron chi connectivity index (χ3n) is 2.57. The summed E-state index contributed by atoms with van der Waals surface area (Å²) in [5.74, 6) is 2.69. The van der Waals surface area contributed by atoms with Gasteiger partial charge in [0.15, 0.2) is 0 Å². The summed E-state index contributed by atoms with van der Waals surface area (Å²) in [6.07, 6.45) is 5.36. The molecule has 14 heavy (non-hydrogen) atoms. The highest BCUT2D eigenvalue weighted by Crippen LogP contribution is 2.07. The molecule has 1 fully saturated rings. The van der Waals surface area contributed by atoms with Crippen molar-refractivity contribution in [2.24, 2.45) is 0 Å². The number of terminal acetylenes is 1. The number of amides is 1. The van der Waals surface area contributed by atoms with E-state index in [-0.39, 0.29) is 18.0 Å². The molecule has 1 rings (SSSR count). The van der Waals surface area contributed by atoms with Crippen molar-refractivity contribution >= 4 is 5.91 Å². The molecule has 1 aliphatic heterocycles. The fourth-order valence-corrected chi connectivity index (χ4v) is 1.69. The highest BCUT2D eigenvalue weighted by Gasteiger charge is 2.30. The lowest BCUT2D eigenvalue weighted by Crippen LogP contribution is -2.59. The second-order valence-electron chi connectivity index (χ2n) is 3.41. The predicted octanol–water partition coefficient (Wildman–Crippen LogP) is -0.972. The molecule has 2 unspecified atom stereocenters. The summed E-state index contributed by atoms with van der Waals surface area (Å²) in [4.78, 5) is 13.6. The molecule has 1 heterocycles. The van der Waals surface area contributed by atoms with Gasteiger partial charge in [0, 0.05) is 26.7 Å². The molecule has 78 valence electrons. The molecule has 0 spiro atoms. The smallest absolute Gasteiger partial charge is 0.238 e. The van der Waals surface area contributed by atoms with Crippen LogP contribution >= 0.6 is 0 Å². The maximum absolute atomic E-state index is 11.5. The van der Waals surface area contributed by atoms with Crippen LogP contribution in [-0.2, 0) is 4.79 Å². The van der Waals surface area contributed by atoms with Crippen molar-refractivity contribution in [3.05, 3.63) is 0 Å². The van der Waals surface area contributed by atoms with Gasteiger partial charge in [-0.25, -0.2) is 0 Å². The number of rotatable bonds is 2. The fraction of sp³-hybridized carbons (Fsp3) is 0.700. The molecule has 1 aliphatic rings. The van der Waals surface area contributed by atoms with E-state index >= 15 is 0 Å². The van der Waals surface area contributed by atoms with Crippen LogP contribution < -0.4 is 10.6 Å². The maximum atomic E-state index is 11.5. The van der Waals surface area contributed by atoms with Crippen LogP contribution in [0.1, 0.15) is 6.92 Å². The number of hydrogen-bond donors (Lipinski definition) is 2. The lowest BCUT2D eigenvalue weighted by atomic mass is 10.1. The van der Waals surface area contributed by atoms with Crippen molar-refractivity contribution in [3.63, 3.8) is 0 Å². The Hall–Kier alpha value is -1.05. The molecule has 1 amide bonds. The van der Waals surface area contributed by atoms with Crippen molar-refractivity contribution in [1.82, 2.24) is 15.5 Å². The number of carbonyl (C=O) groups is 1. The molecule has 0 aromatic rings. The molecule has 0 aromatic heterocycles. The van der Waals surface area contributed by atoms with Crippen LogP contribution in [0.2, 0.25) is 0 Å². The number of carbonyl (C=O) groups excluding carboxylic acids is 1. The second kappa shape index (κ2) is 4.99. The Morgan fingerprint density at radius 1 is 1.79 bits per heavy atom. The van der Waals surface area contributed by atoms with Crippen molar-refractivity contribution in [1.29, 1.82) is 0 Å². The lowest BCUT2D eigenvalue weighted by Gasteiger charge is -2.36. The summed E-state index contributed by atoms with van der Waals surface area (Å²) in [6, 6.07) is -0.126. The standard InChI is InChI=1S/C10H17N3O/c1-4-8(2)13-6-5-12-7-9(13)10(14)11-3/h1,8-9,12H,5-7H2,2-3H3,(H,11,14). The van der Waals surface area contributed by atoms with E-state index in [4.69, 9.17) is 6.42 Å². The van der Waals surface area contributed by atoms with Crippen LogP contribution in [0.25, 0.3) is 0 Å². The molecule has 0 aromatic carbocycles. The molecule has 2 atom stereocenters. The normalized spacial score (nSPS) is 25.1. The SMILES string of the molecule is C#CC(C)N1CCNCC1C(=O)NC. The first-order valence-corrected chi connectivity index (χ1v) is 4.85. The number of nitrogens with zero attached hydrogens (tertiary/aromatic N) is 1. The highest BCUT2D eigenvalue weighted by atomic mass is 16.2. The van der Waals surface area contributed by atoms with Crippen molar-refractivity contribution in [2.75, 3.05) is 26.7 Å². The molecule has 4 nitrogen and oxygen atoms in total. The summed E-state index contributed by atoms with van der Waals surface area (Å²) in [7, 11) is 1.65. The summed E-state index contributed by atoms with van der Waals surface area (Å²) < 4.78 is 0. The van der Waals surface area contributed by atoms with Gasteiger partial charge >= 0.3 is 0 Å². The van der Waals surface area contributed by atoms with Crippen LogP contribution in [0.15, 0.2) is 0 Å². The van der Waals surface area contributed by atoms with Gasteiger partial charge in [0.1, 0.15) is 6.04 Å². The summed E-state index contributed by atoms with van der Waals surface area (Å²) in [5, 5.41) is 5.84. The first-order valence-electron chi connectivity index (χ1n) is 4.85. The van der Waals surface area contributed by atoms with E-state index in [9.17, 15) is 4.79 Å². The van der Waals surface area contributed by atoms with Crippen LogP contribution in [0.5, 0.6) is 0 Å². The predicted molar refractivity (Wildman–Crippen MR) is 55.7 cm³/mol. The van der Waals surface area contributed by atoms with Gasteiger partial charge in [0.2, 0.25) is 5.91 Å². The first-order chi connectivity index (χ1) is 6.70. The fourth-order valence-electron chi connectivity index (χ4n) is 1.69. The van der Waals surface area contributed by atoms with E-state index in [1.807, 2.05) is 6.92 Å². The van der Waals surface area contributed by atoms with E-state index in [1.54, 1.807) is 7.05 Å². The van der Waals surface area contributed by atoms with Crippen molar-refractivity contribution < 1.29 is 4.79 Å². The molecule has 0 radical (unpaired) electrons. The van der Waals surface area contributed by atoms with Gasteiger partial charge in [-0.1, -0.05) is 5.92 Å². The van der Waals surface area contributed by atoms with Crippen LogP contribution in [0, 0.1) is 12.3 Å². The summed E-state index contributed by atoms with van der Waals surface area (Å²) >= 11 is 0. The molecular weight excluding hydrogens is 178 g/mol.